The Morgan fingerprint density at radius 2 is 1.58 bits per heavy atom. The molecule has 38 heavy (non-hydrogen) atoms. The van der Waals surface area contributed by atoms with Gasteiger partial charge in [0.15, 0.2) is 0 Å². The lowest BCUT2D eigenvalue weighted by Gasteiger charge is -2.33. The summed E-state index contributed by atoms with van der Waals surface area (Å²) in [4.78, 5) is 28.6. The predicted molar refractivity (Wildman–Crippen MR) is 150 cm³/mol. The topological polar surface area (TPSA) is 96.0 Å². The number of sulfonamides is 1. The van der Waals surface area contributed by atoms with Crippen molar-refractivity contribution >= 4 is 39.1 Å². The molecule has 0 radical (unpaired) electrons. The summed E-state index contributed by atoms with van der Waals surface area (Å²) in [7, 11) is -2.43. The third kappa shape index (κ3) is 7.72. The summed E-state index contributed by atoms with van der Waals surface area (Å²) in [6, 6.07) is 22.3. The highest BCUT2D eigenvalue weighted by atomic mass is 35.5. The van der Waals surface area contributed by atoms with Crippen LogP contribution in [0.25, 0.3) is 0 Å². The van der Waals surface area contributed by atoms with Crippen molar-refractivity contribution in [1.29, 1.82) is 0 Å². The number of methoxy groups -OCH3 is 1. The number of rotatable bonds is 12. The molecule has 0 aliphatic carbocycles. The van der Waals surface area contributed by atoms with Crippen LogP contribution in [-0.4, -0.2) is 57.6 Å². The van der Waals surface area contributed by atoms with Crippen LogP contribution < -0.4 is 14.4 Å². The Morgan fingerprint density at radius 1 is 0.974 bits per heavy atom. The van der Waals surface area contributed by atoms with E-state index in [1.807, 2.05) is 60.7 Å². The third-order valence-electron chi connectivity index (χ3n) is 5.92. The normalized spacial score (nSPS) is 11.9. The van der Waals surface area contributed by atoms with Crippen molar-refractivity contribution < 1.29 is 22.7 Å². The maximum atomic E-state index is 13.9. The number of carbonyl (C=O) groups excluding carboxylic acids is 2. The van der Waals surface area contributed by atoms with Gasteiger partial charge in [-0.05, 0) is 36.2 Å². The van der Waals surface area contributed by atoms with Crippen LogP contribution in [0.1, 0.15) is 18.1 Å². The van der Waals surface area contributed by atoms with Crippen LogP contribution in [0.15, 0.2) is 78.9 Å². The molecule has 0 bridgehead atoms. The summed E-state index contributed by atoms with van der Waals surface area (Å²) in [5.41, 5.74) is 1.89. The summed E-state index contributed by atoms with van der Waals surface area (Å²) < 4.78 is 31.8. The quantitative estimate of drug-likeness (QED) is 0.364. The number of hydrogen-bond acceptors (Lipinski definition) is 5. The molecule has 0 heterocycles. The Balaban J connectivity index is 2.03. The van der Waals surface area contributed by atoms with Gasteiger partial charge in [-0.3, -0.25) is 13.9 Å². The number of halogens is 1. The molecule has 1 atom stereocenters. The highest BCUT2D eigenvalue weighted by molar-refractivity contribution is 7.92. The van der Waals surface area contributed by atoms with Crippen molar-refractivity contribution in [3.05, 3.63) is 95.0 Å². The molecule has 0 aliphatic heterocycles. The first-order chi connectivity index (χ1) is 18.1. The molecule has 1 N–H and O–H groups in total. The number of nitrogens with zero attached hydrogens (tertiary/aromatic N) is 2. The van der Waals surface area contributed by atoms with Crippen molar-refractivity contribution in [2.24, 2.45) is 0 Å². The molecule has 0 saturated heterocycles. The van der Waals surface area contributed by atoms with Gasteiger partial charge in [0, 0.05) is 19.5 Å². The minimum absolute atomic E-state index is 0.120. The molecule has 0 unspecified atom stereocenters. The number of amides is 2. The molecule has 0 aliphatic rings. The van der Waals surface area contributed by atoms with Crippen molar-refractivity contribution in [3.8, 4) is 5.75 Å². The Hall–Kier alpha value is -3.56. The van der Waals surface area contributed by atoms with Gasteiger partial charge < -0.3 is 15.0 Å². The first-order valence-electron chi connectivity index (χ1n) is 12.1. The Bertz CT molecular complexity index is 1340. The van der Waals surface area contributed by atoms with Gasteiger partial charge in [-0.25, -0.2) is 8.42 Å². The van der Waals surface area contributed by atoms with Crippen molar-refractivity contribution in [2.75, 3.05) is 30.8 Å². The van der Waals surface area contributed by atoms with Crippen LogP contribution in [0.5, 0.6) is 5.75 Å². The molecule has 2 amide bonds. The molecule has 3 rings (SSSR count). The molecule has 3 aromatic carbocycles. The molecule has 8 nitrogen and oxygen atoms in total. The average molecular weight is 558 g/mol. The van der Waals surface area contributed by atoms with E-state index in [1.165, 1.54) is 30.2 Å². The van der Waals surface area contributed by atoms with Crippen LogP contribution in [0.3, 0.4) is 0 Å². The van der Waals surface area contributed by atoms with Crippen LogP contribution in [0.4, 0.5) is 5.69 Å². The molecule has 202 valence electrons. The van der Waals surface area contributed by atoms with Gasteiger partial charge in [0.05, 0.1) is 24.1 Å². The second-order valence-corrected chi connectivity index (χ2v) is 11.0. The van der Waals surface area contributed by atoms with Crippen LogP contribution in [-0.2, 0) is 32.6 Å². The predicted octanol–water partition coefficient (Wildman–Crippen LogP) is 3.89. The Labute approximate surface area is 229 Å². The fraction of sp³-hybridized carbons (Fsp3) is 0.286. The molecular formula is C28H32ClN3O5S. The highest BCUT2D eigenvalue weighted by Gasteiger charge is 2.33. The first-order valence-corrected chi connectivity index (χ1v) is 14.3. The van der Waals surface area contributed by atoms with Gasteiger partial charge >= 0.3 is 0 Å². The van der Waals surface area contributed by atoms with Gasteiger partial charge in [0.1, 0.15) is 18.3 Å². The second kappa shape index (κ2) is 13.3. The Morgan fingerprint density at radius 3 is 2.11 bits per heavy atom. The minimum atomic E-state index is -3.88. The SMILES string of the molecule is CCNC(=O)[C@H](Cc1ccccc1)N(Cc1ccccc1)C(=O)CN(c1ccc(OC)c(Cl)c1)S(C)(=O)=O. The number of hydrogen-bond donors (Lipinski definition) is 1. The van der Waals surface area contributed by atoms with Crippen molar-refractivity contribution in [3.63, 3.8) is 0 Å². The monoisotopic (exact) mass is 557 g/mol. The van der Waals surface area contributed by atoms with Gasteiger partial charge in [0.25, 0.3) is 0 Å². The van der Waals surface area contributed by atoms with E-state index in [9.17, 15) is 18.0 Å². The molecular weight excluding hydrogens is 526 g/mol. The number of benzene rings is 3. The zero-order valence-electron chi connectivity index (χ0n) is 21.6. The summed E-state index contributed by atoms with van der Waals surface area (Å²) >= 11 is 6.25. The maximum absolute atomic E-state index is 13.9. The van der Waals surface area contributed by atoms with Gasteiger partial charge in [-0.15, -0.1) is 0 Å². The number of ether oxygens (including phenoxy) is 1. The third-order valence-corrected chi connectivity index (χ3v) is 7.36. The fourth-order valence-corrected chi connectivity index (χ4v) is 5.14. The van der Waals surface area contributed by atoms with E-state index < -0.39 is 28.5 Å². The summed E-state index contributed by atoms with van der Waals surface area (Å²) in [6.45, 7) is 1.80. The number of carbonyl (C=O) groups is 2. The first kappa shape index (κ1) is 29.0. The average Bonchev–Trinajstić information content (AvgIpc) is 2.89. The van der Waals surface area contributed by atoms with E-state index in [0.717, 1.165) is 21.7 Å². The van der Waals surface area contributed by atoms with Gasteiger partial charge in [-0.2, -0.15) is 0 Å². The molecule has 0 fully saturated rings. The number of nitrogens with one attached hydrogen (secondary N) is 1. The van der Waals surface area contributed by atoms with Crippen molar-refractivity contribution in [1.82, 2.24) is 10.2 Å². The fourth-order valence-electron chi connectivity index (χ4n) is 4.05. The van der Waals surface area contributed by atoms with E-state index in [1.54, 1.807) is 6.92 Å². The zero-order chi connectivity index (χ0) is 27.7. The van der Waals surface area contributed by atoms with E-state index in [-0.39, 0.29) is 29.6 Å². The molecule has 0 spiro atoms. The molecule has 0 aromatic heterocycles. The second-order valence-electron chi connectivity index (χ2n) is 8.70. The lowest BCUT2D eigenvalue weighted by atomic mass is 10.0. The van der Waals surface area contributed by atoms with Gasteiger partial charge in [-0.1, -0.05) is 72.3 Å². The van der Waals surface area contributed by atoms with Gasteiger partial charge in [0.2, 0.25) is 21.8 Å². The van der Waals surface area contributed by atoms with Crippen LogP contribution in [0, 0.1) is 0 Å². The lowest BCUT2D eigenvalue weighted by molar-refractivity contribution is -0.140. The van der Waals surface area contributed by atoms with Crippen LogP contribution >= 0.6 is 11.6 Å². The number of likely N-dealkylation sites (N-methyl/N-ethyl adjacent to an activating group) is 1. The number of anilines is 1. The lowest BCUT2D eigenvalue weighted by Crippen LogP contribution is -2.53. The zero-order valence-corrected chi connectivity index (χ0v) is 23.2. The molecule has 0 saturated carbocycles. The Kier molecular flexibility index (Phi) is 10.2. The largest absolute Gasteiger partial charge is 0.495 e. The molecule has 10 heteroatoms. The minimum Gasteiger partial charge on any atom is -0.495 e. The van der Waals surface area contributed by atoms with E-state index in [2.05, 4.69) is 5.32 Å². The van der Waals surface area contributed by atoms with E-state index >= 15 is 0 Å². The van der Waals surface area contributed by atoms with Crippen molar-refractivity contribution in [2.45, 2.75) is 25.9 Å². The summed E-state index contributed by atoms with van der Waals surface area (Å²) in [6.07, 6.45) is 1.28. The standard InChI is InChI=1S/C28H32ClN3O5S/c1-4-30-28(34)25(17-21-11-7-5-8-12-21)31(19-22-13-9-6-10-14-22)27(33)20-32(38(3,35)36)23-15-16-26(37-2)24(29)18-23/h5-16,18,25H,4,17,19-20H2,1-3H3,(H,30,34)/t25-/m0/s1. The molecule has 3 aromatic rings. The smallest absolute Gasteiger partial charge is 0.244 e. The highest BCUT2D eigenvalue weighted by Crippen LogP contribution is 2.30. The summed E-state index contributed by atoms with van der Waals surface area (Å²) in [5.74, 6) is -0.475. The van der Waals surface area contributed by atoms with Crippen LogP contribution in [0.2, 0.25) is 5.02 Å². The van der Waals surface area contributed by atoms with E-state index in [0.29, 0.717) is 12.3 Å². The maximum Gasteiger partial charge on any atom is 0.244 e. The summed E-state index contributed by atoms with van der Waals surface area (Å²) in [5, 5.41) is 3.03. The van der Waals surface area contributed by atoms with E-state index in [4.69, 9.17) is 16.3 Å².